The van der Waals surface area contributed by atoms with Crippen LogP contribution >= 0.6 is 11.3 Å². The lowest BCUT2D eigenvalue weighted by molar-refractivity contribution is -0.120. The molecule has 0 atom stereocenters. The molecule has 0 bridgehead atoms. The van der Waals surface area contributed by atoms with Gasteiger partial charge in [-0.05, 0) is 41.0 Å². The second-order valence-corrected chi connectivity index (χ2v) is 8.62. The van der Waals surface area contributed by atoms with Crippen LogP contribution in [0.1, 0.15) is 20.9 Å². The van der Waals surface area contributed by atoms with E-state index in [1.807, 2.05) is 36.4 Å². The molecule has 0 aliphatic heterocycles. The lowest BCUT2D eigenvalue weighted by atomic mass is 10.1. The smallest absolute Gasteiger partial charge is 0.253 e. The van der Waals surface area contributed by atoms with E-state index in [4.69, 9.17) is 0 Å². The molecule has 0 unspecified atom stereocenters. The van der Waals surface area contributed by atoms with E-state index in [-0.39, 0.29) is 18.2 Å². The van der Waals surface area contributed by atoms with Crippen LogP contribution in [0.3, 0.4) is 0 Å². The molecule has 0 spiro atoms. The Hall–Kier alpha value is -3.51. The molecule has 0 aliphatic carbocycles. The lowest BCUT2D eigenvalue weighted by Crippen LogP contribution is -2.24. The summed E-state index contributed by atoms with van der Waals surface area (Å²) in [5, 5.41) is 3.73. The van der Waals surface area contributed by atoms with Crippen LogP contribution in [0.5, 0.6) is 0 Å². The van der Waals surface area contributed by atoms with Crippen LogP contribution in [0.4, 0.5) is 0 Å². The minimum Gasteiger partial charge on any atom is -0.352 e. The Morgan fingerprint density at radius 3 is 2.39 bits per heavy atom. The average molecular weight is 430 g/mol. The first-order valence-electron chi connectivity index (χ1n) is 10.0. The first-order valence-corrected chi connectivity index (χ1v) is 10.8. The van der Waals surface area contributed by atoms with Crippen molar-refractivity contribution in [3.8, 4) is 11.1 Å². The van der Waals surface area contributed by atoms with Crippen LogP contribution in [0.15, 0.2) is 72.8 Å². The molecule has 2 amide bonds. The first kappa shape index (κ1) is 20.8. The number of benzene rings is 3. The Kier molecular flexibility index (Phi) is 6.09. The van der Waals surface area contributed by atoms with Crippen molar-refractivity contribution >= 4 is 33.4 Å². The van der Waals surface area contributed by atoms with E-state index in [0.29, 0.717) is 12.1 Å². The molecule has 0 fully saturated rings. The number of fused-ring (bicyclic) bond motifs is 1. The molecule has 156 valence electrons. The lowest BCUT2D eigenvalue weighted by Gasteiger charge is -2.10. The topological polar surface area (TPSA) is 62.3 Å². The Bertz CT molecular complexity index is 1210. The molecule has 0 saturated carbocycles. The quantitative estimate of drug-likeness (QED) is 0.490. The molecule has 0 aliphatic rings. The maximum absolute atomic E-state index is 12.4. The SMILES string of the molecule is CN(C)C(=O)c1ccc(CNC(=O)Cc2nc3ccc(-c4ccccc4)cc3s2)cc1. The normalized spacial score (nSPS) is 10.8. The van der Waals surface area contributed by atoms with Gasteiger partial charge in [-0.15, -0.1) is 11.3 Å². The highest BCUT2D eigenvalue weighted by molar-refractivity contribution is 7.18. The monoisotopic (exact) mass is 429 g/mol. The number of carbonyl (C=O) groups is 2. The highest BCUT2D eigenvalue weighted by Gasteiger charge is 2.11. The van der Waals surface area contributed by atoms with Gasteiger partial charge in [-0.25, -0.2) is 4.98 Å². The zero-order valence-electron chi connectivity index (χ0n) is 17.5. The summed E-state index contributed by atoms with van der Waals surface area (Å²) in [6.45, 7) is 0.415. The fraction of sp³-hybridized carbons (Fsp3) is 0.160. The first-order chi connectivity index (χ1) is 15.0. The number of aromatic nitrogens is 1. The van der Waals surface area contributed by atoms with Crippen LogP contribution in [0.25, 0.3) is 21.3 Å². The van der Waals surface area contributed by atoms with Gasteiger partial charge < -0.3 is 10.2 Å². The zero-order chi connectivity index (χ0) is 21.8. The highest BCUT2D eigenvalue weighted by Crippen LogP contribution is 2.28. The average Bonchev–Trinajstić information content (AvgIpc) is 3.19. The fourth-order valence-electron chi connectivity index (χ4n) is 3.28. The number of hydrogen-bond acceptors (Lipinski definition) is 4. The molecule has 4 rings (SSSR count). The molecule has 4 aromatic rings. The molecule has 3 aromatic carbocycles. The van der Waals surface area contributed by atoms with Crippen LogP contribution in [0, 0.1) is 0 Å². The fourth-order valence-corrected chi connectivity index (χ4v) is 4.29. The number of rotatable bonds is 6. The van der Waals surface area contributed by atoms with Gasteiger partial charge in [0.25, 0.3) is 5.91 Å². The van der Waals surface area contributed by atoms with Crippen molar-refractivity contribution in [3.05, 3.63) is 88.9 Å². The van der Waals surface area contributed by atoms with Crippen molar-refractivity contribution in [2.45, 2.75) is 13.0 Å². The van der Waals surface area contributed by atoms with Gasteiger partial charge in [-0.2, -0.15) is 0 Å². The van der Waals surface area contributed by atoms with Gasteiger partial charge in [-0.3, -0.25) is 9.59 Å². The number of nitrogens with zero attached hydrogens (tertiary/aromatic N) is 2. The van der Waals surface area contributed by atoms with Crippen molar-refractivity contribution in [1.82, 2.24) is 15.2 Å². The van der Waals surface area contributed by atoms with E-state index in [1.165, 1.54) is 4.90 Å². The van der Waals surface area contributed by atoms with Gasteiger partial charge >= 0.3 is 0 Å². The molecule has 5 nitrogen and oxygen atoms in total. The molecule has 1 aromatic heterocycles. The molecular formula is C25H23N3O2S. The van der Waals surface area contributed by atoms with Gasteiger partial charge in [0.05, 0.1) is 16.6 Å². The van der Waals surface area contributed by atoms with E-state index in [9.17, 15) is 9.59 Å². The van der Waals surface area contributed by atoms with Gasteiger partial charge in [0, 0.05) is 26.2 Å². The molecule has 1 heterocycles. The van der Waals surface area contributed by atoms with Crippen LogP contribution < -0.4 is 5.32 Å². The third-order valence-electron chi connectivity index (χ3n) is 4.95. The van der Waals surface area contributed by atoms with Crippen LogP contribution in [0.2, 0.25) is 0 Å². The highest BCUT2D eigenvalue weighted by atomic mass is 32.1. The number of hydrogen-bond donors (Lipinski definition) is 1. The van der Waals surface area contributed by atoms with Gasteiger partial charge in [0.15, 0.2) is 0 Å². The minimum absolute atomic E-state index is 0.0400. The summed E-state index contributed by atoms with van der Waals surface area (Å²) in [6, 6.07) is 23.7. The Balaban J connectivity index is 1.38. The minimum atomic E-state index is -0.0733. The van der Waals surface area contributed by atoms with E-state index in [1.54, 1.807) is 37.6 Å². The standard InChI is InChI=1S/C25H23N3O2S/c1-28(2)25(30)19-10-8-17(9-11-19)16-26-23(29)15-24-27-21-13-12-20(14-22(21)31-24)18-6-4-3-5-7-18/h3-14H,15-16H2,1-2H3,(H,26,29). The maximum Gasteiger partial charge on any atom is 0.253 e. The number of carbonyl (C=O) groups excluding carboxylic acids is 2. The number of amides is 2. The number of nitrogens with one attached hydrogen (secondary N) is 1. The third kappa shape index (κ3) is 4.98. The maximum atomic E-state index is 12.4. The summed E-state index contributed by atoms with van der Waals surface area (Å²) in [6.07, 6.45) is 0.247. The van der Waals surface area contributed by atoms with Crippen molar-refractivity contribution < 1.29 is 9.59 Å². The molecular weight excluding hydrogens is 406 g/mol. The Morgan fingerprint density at radius 2 is 1.68 bits per heavy atom. The number of thiazole rings is 1. The summed E-state index contributed by atoms with van der Waals surface area (Å²) >= 11 is 1.55. The van der Waals surface area contributed by atoms with Crippen molar-refractivity contribution in [2.24, 2.45) is 0 Å². The van der Waals surface area contributed by atoms with Crippen LogP contribution in [-0.4, -0.2) is 35.8 Å². The molecule has 0 radical (unpaired) electrons. The van der Waals surface area contributed by atoms with Crippen molar-refractivity contribution in [3.63, 3.8) is 0 Å². The summed E-state index contributed by atoms with van der Waals surface area (Å²) in [4.78, 5) is 30.5. The van der Waals surface area contributed by atoms with Crippen LogP contribution in [-0.2, 0) is 17.8 Å². The largest absolute Gasteiger partial charge is 0.352 e. The van der Waals surface area contributed by atoms with E-state index in [2.05, 4.69) is 34.6 Å². The summed E-state index contributed by atoms with van der Waals surface area (Å²) < 4.78 is 1.07. The van der Waals surface area contributed by atoms with Crippen molar-refractivity contribution in [1.29, 1.82) is 0 Å². The molecule has 31 heavy (non-hydrogen) atoms. The van der Waals surface area contributed by atoms with Gasteiger partial charge in [0.2, 0.25) is 5.91 Å². The summed E-state index contributed by atoms with van der Waals surface area (Å²) in [7, 11) is 3.45. The third-order valence-corrected chi connectivity index (χ3v) is 5.97. The van der Waals surface area contributed by atoms with Gasteiger partial charge in [0.1, 0.15) is 5.01 Å². The molecule has 1 N–H and O–H groups in total. The molecule has 0 saturated heterocycles. The Morgan fingerprint density at radius 1 is 0.935 bits per heavy atom. The second kappa shape index (κ2) is 9.10. The predicted molar refractivity (Wildman–Crippen MR) is 125 cm³/mol. The Labute approximate surface area is 185 Å². The van der Waals surface area contributed by atoms with E-state index < -0.39 is 0 Å². The zero-order valence-corrected chi connectivity index (χ0v) is 18.3. The van der Waals surface area contributed by atoms with Crippen molar-refractivity contribution in [2.75, 3.05) is 14.1 Å². The van der Waals surface area contributed by atoms with Gasteiger partial charge in [-0.1, -0.05) is 48.5 Å². The predicted octanol–water partition coefficient (Wildman–Crippen LogP) is 4.52. The van der Waals surface area contributed by atoms with E-state index >= 15 is 0 Å². The molecule has 6 heteroatoms. The second-order valence-electron chi connectivity index (χ2n) is 7.51. The summed E-state index contributed by atoms with van der Waals surface area (Å²) in [5.74, 6) is -0.113. The van der Waals surface area contributed by atoms with E-state index in [0.717, 1.165) is 31.9 Å². The summed E-state index contributed by atoms with van der Waals surface area (Å²) in [5.41, 5.74) is 4.79.